The SMILES string of the molecule is CC[C@H](C)NC(=O)c1nn(-c2cccc(C)c2)c(=O)n(Cc2ccc(C(F)(F)F)cc2)c1=O. The van der Waals surface area contributed by atoms with Crippen LogP contribution in [0.5, 0.6) is 0 Å². The maximum Gasteiger partial charge on any atom is 0.416 e. The second-order valence-electron chi connectivity index (χ2n) is 7.75. The Kier molecular flexibility index (Phi) is 6.85. The molecule has 0 saturated heterocycles. The zero-order valence-electron chi connectivity index (χ0n) is 18.3. The molecule has 0 spiro atoms. The van der Waals surface area contributed by atoms with Crippen LogP contribution in [0.4, 0.5) is 13.2 Å². The van der Waals surface area contributed by atoms with Crippen molar-refractivity contribution in [3.8, 4) is 5.69 Å². The third-order valence-corrected chi connectivity index (χ3v) is 5.13. The normalized spacial score (nSPS) is 12.4. The first-order chi connectivity index (χ1) is 15.5. The molecule has 174 valence electrons. The molecule has 10 heteroatoms. The zero-order valence-corrected chi connectivity index (χ0v) is 18.3. The number of halogens is 3. The minimum Gasteiger partial charge on any atom is -0.348 e. The molecule has 1 heterocycles. The predicted molar refractivity (Wildman–Crippen MR) is 117 cm³/mol. The van der Waals surface area contributed by atoms with E-state index in [4.69, 9.17) is 0 Å². The summed E-state index contributed by atoms with van der Waals surface area (Å²) in [5.41, 5.74) is -1.61. The molecular weight excluding hydrogens is 437 g/mol. The van der Waals surface area contributed by atoms with Crippen LogP contribution >= 0.6 is 0 Å². The summed E-state index contributed by atoms with van der Waals surface area (Å²) < 4.78 is 40.3. The molecule has 0 aliphatic carbocycles. The van der Waals surface area contributed by atoms with E-state index in [0.29, 0.717) is 12.1 Å². The Balaban J connectivity index is 2.14. The lowest BCUT2D eigenvalue weighted by molar-refractivity contribution is -0.137. The maximum absolute atomic E-state index is 13.1. The molecule has 0 fully saturated rings. The van der Waals surface area contributed by atoms with Crippen molar-refractivity contribution in [3.63, 3.8) is 0 Å². The summed E-state index contributed by atoms with van der Waals surface area (Å²) in [7, 11) is 0. The first-order valence-electron chi connectivity index (χ1n) is 10.3. The number of benzene rings is 2. The highest BCUT2D eigenvalue weighted by Gasteiger charge is 2.30. The number of hydrogen-bond donors (Lipinski definition) is 1. The summed E-state index contributed by atoms with van der Waals surface area (Å²) in [5.74, 6) is -0.739. The van der Waals surface area contributed by atoms with Crippen LogP contribution in [0.15, 0.2) is 58.1 Å². The molecule has 3 aromatic rings. The number of aryl methyl sites for hydroxylation is 1. The standard InChI is InChI=1S/C23H23F3N4O3/c1-4-15(3)27-20(31)19-21(32)29(13-16-8-10-17(11-9-16)23(24,25)26)22(33)30(28-19)18-7-5-6-14(2)12-18/h5-12,15H,4,13H2,1-3H3,(H,27,31)/t15-/m0/s1. The fourth-order valence-electron chi connectivity index (χ4n) is 3.10. The number of carbonyl (C=O) groups excluding carboxylic acids is 1. The average molecular weight is 460 g/mol. The quantitative estimate of drug-likeness (QED) is 0.612. The van der Waals surface area contributed by atoms with Crippen molar-refractivity contribution < 1.29 is 18.0 Å². The molecule has 33 heavy (non-hydrogen) atoms. The largest absolute Gasteiger partial charge is 0.416 e. The summed E-state index contributed by atoms with van der Waals surface area (Å²) >= 11 is 0. The topological polar surface area (TPSA) is 86.0 Å². The molecule has 0 aliphatic rings. The number of carbonyl (C=O) groups is 1. The Morgan fingerprint density at radius 1 is 1.12 bits per heavy atom. The molecule has 7 nitrogen and oxygen atoms in total. The van der Waals surface area contributed by atoms with Gasteiger partial charge in [-0.25, -0.2) is 4.79 Å². The maximum atomic E-state index is 13.1. The van der Waals surface area contributed by atoms with Gasteiger partial charge in [-0.05, 0) is 55.7 Å². The van der Waals surface area contributed by atoms with Crippen molar-refractivity contribution >= 4 is 5.91 Å². The van der Waals surface area contributed by atoms with Gasteiger partial charge >= 0.3 is 11.9 Å². The van der Waals surface area contributed by atoms with Gasteiger partial charge in [0.1, 0.15) is 0 Å². The number of nitrogens with one attached hydrogen (secondary N) is 1. The third-order valence-electron chi connectivity index (χ3n) is 5.13. The minimum absolute atomic E-state index is 0.235. The Hall–Kier alpha value is -3.69. The molecule has 0 aliphatic heterocycles. The van der Waals surface area contributed by atoms with E-state index in [1.54, 1.807) is 25.1 Å². The van der Waals surface area contributed by atoms with Gasteiger partial charge in [-0.2, -0.15) is 23.0 Å². The summed E-state index contributed by atoms with van der Waals surface area (Å²) in [4.78, 5) is 38.9. The summed E-state index contributed by atoms with van der Waals surface area (Å²) in [6, 6.07) is 10.7. The molecule has 0 unspecified atom stereocenters. The molecule has 1 amide bonds. The lowest BCUT2D eigenvalue weighted by Crippen LogP contribution is -2.47. The van der Waals surface area contributed by atoms with E-state index in [1.165, 1.54) is 12.1 Å². The van der Waals surface area contributed by atoms with Crippen molar-refractivity contribution in [1.82, 2.24) is 19.7 Å². The highest BCUT2D eigenvalue weighted by molar-refractivity contribution is 5.91. The van der Waals surface area contributed by atoms with Crippen LogP contribution < -0.4 is 16.6 Å². The molecule has 1 N–H and O–H groups in total. The highest BCUT2D eigenvalue weighted by Crippen LogP contribution is 2.29. The molecule has 0 radical (unpaired) electrons. The molecule has 1 atom stereocenters. The van der Waals surface area contributed by atoms with Crippen molar-refractivity contribution in [2.24, 2.45) is 0 Å². The van der Waals surface area contributed by atoms with Crippen molar-refractivity contribution in [2.75, 3.05) is 0 Å². The fraction of sp³-hybridized carbons (Fsp3) is 0.304. The number of hydrogen-bond acceptors (Lipinski definition) is 4. The van der Waals surface area contributed by atoms with Gasteiger partial charge in [0.15, 0.2) is 0 Å². The molecule has 2 aromatic carbocycles. The van der Waals surface area contributed by atoms with Crippen molar-refractivity contribution in [1.29, 1.82) is 0 Å². The molecule has 0 bridgehead atoms. The van der Waals surface area contributed by atoms with Gasteiger partial charge in [-0.15, -0.1) is 0 Å². The number of alkyl halides is 3. The van der Waals surface area contributed by atoms with Crippen molar-refractivity contribution in [2.45, 2.75) is 46.0 Å². The van der Waals surface area contributed by atoms with E-state index in [1.807, 2.05) is 19.9 Å². The van der Waals surface area contributed by atoms with Gasteiger partial charge in [0.2, 0.25) is 5.69 Å². The van der Waals surface area contributed by atoms with E-state index in [-0.39, 0.29) is 18.2 Å². The second kappa shape index (κ2) is 9.43. The first kappa shape index (κ1) is 24.0. The van der Waals surface area contributed by atoms with Gasteiger partial charge in [0.25, 0.3) is 11.5 Å². The Labute approximate surface area is 187 Å². The van der Waals surface area contributed by atoms with E-state index in [9.17, 15) is 27.6 Å². The summed E-state index contributed by atoms with van der Waals surface area (Å²) in [5, 5.41) is 6.69. The Bertz CT molecular complexity index is 1280. The van der Waals surface area contributed by atoms with Gasteiger partial charge in [-0.1, -0.05) is 31.2 Å². The smallest absolute Gasteiger partial charge is 0.348 e. The summed E-state index contributed by atoms with van der Waals surface area (Å²) in [6.07, 6.45) is -3.89. The second-order valence-corrected chi connectivity index (χ2v) is 7.75. The van der Waals surface area contributed by atoms with Crippen molar-refractivity contribution in [3.05, 3.63) is 91.8 Å². The lowest BCUT2D eigenvalue weighted by atomic mass is 10.1. The Morgan fingerprint density at radius 2 is 1.79 bits per heavy atom. The highest BCUT2D eigenvalue weighted by atomic mass is 19.4. The van der Waals surface area contributed by atoms with Crippen LogP contribution in [0.1, 0.15) is 47.4 Å². The van der Waals surface area contributed by atoms with Gasteiger partial charge in [-0.3, -0.25) is 14.2 Å². The van der Waals surface area contributed by atoms with Crippen LogP contribution in [0.3, 0.4) is 0 Å². The monoisotopic (exact) mass is 460 g/mol. The van der Waals surface area contributed by atoms with Crippen LogP contribution in [-0.4, -0.2) is 26.3 Å². The van der Waals surface area contributed by atoms with E-state index in [0.717, 1.165) is 26.9 Å². The van der Waals surface area contributed by atoms with Gasteiger partial charge < -0.3 is 5.32 Å². The number of aromatic nitrogens is 3. The van der Waals surface area contributed by atoms with Crippen LogP contribution in [-0.2, 0) is 12.7 Å². The van der Waals surface area contributed by atoms with E-state index in [2.05, 4.69) is 10.4 Å². The van der Waals surface area contributed by atoms with Gasteiger partial charge in [0, 0.05) is 6.04 Å². The minimum atomic E-state index is -4.51. The third kappa shape index (κ3) is 5.39. The molecule has 3 rings (SSSR count). The summed E-state index contributed by atoms with van der Waals surface area (Å²) in [6.45, 7) is 5.10. The van der Waals surface area contributed by atoms with E-state index >= 15 is 0 Å². The van der Waals surface area contributed by atoms with E-state index < -0.39 is 34.6 Å². The first-order valence-corrected chi connectivity index (χ1v) is 10.3. The molecule has 0 saturated carbocycles. The predicted octanol–water partition coefficient (Wildman–Crippen LogP) is 3.30. The number of nitrogens with zero attached hydrogens (tertiary/aromatic N) is 3. The van der Waals surface area contributed by atoms with Crippen LogP contribution in [0.2, 0.25) is 0 Å². The zero-order chi connectivity index (χ0) is 24.3. The number of rotatable bonds is 6. The average Bonchev–Trinajstić information content (AvgIpc) is 2.76. The van der Waals surface area contributed by atoms with Crippen LogP contribution in [0.25, 0.3) is 5.69 Å². The fourth-order valence-corrected chi connectivity index (χ4v) is 3.10. The molecule has 1 aromatic heterocycles. The Morgan fingerprint density at radius 3 is 2.36 bits per heavy atom. The number of amides is 1. The molecular formula is C23H23F3N4O3. The lowest BCUT2D eigenvalue weighted by Gasteiger charge is -2.15. The van der Waals surface area contributed by atoms with Crippen LogP contribution in [0, 0.1) is 6.92 Å². The van der Waals surface area contributed by atoms with Gasteiger partial charge in [0.05, 0.1) is 17.8 Å².